The molecule has 1 saturated heterocycles. The summed E-state index contributed by atoms with van der Waals surface area (Å²) in [7, 11) is 3.26. The molecule has 0 aliphatic carbocycles. The second-order valence-electron chi connectivity index (χ2n) is 5.37. The van der Waals surface area contributed by atoms with Crippen molar-refractivity contribution in [3.63, 3.8) is 0 Å². The summed E-state index contributed by atoms with van der Waals surface area (Å²) in [5, 5.41) is 0. The van der Waals surface area contributed by atoms with Crippen LogP contribution in [0, 0.1) is 11.8 Å². The van der Waals surface area contributed by atoms with Crippen LogP contribution in [-0.2, 0) is 4.79 Å². The highest BCUT2D eigenvalue weighted by Gasteiger charge is 2.16. The third-order valence-corrected chi connectivity index (χ3v) is 3.65. The lowest BCUT2D eigenvalue weighted by Crippen LogP contribution is -2.17. The van der Waals surface area contributed by atoms with E-state index in [2.05, 4.69) is 17.9 Å². The molecule has 1 aromatic carbocycles. The number of amides is 1. The van der Waals surface area contributed by atoms with Crippen molar-refractivity contribution in [2.24, 2.45) is 0 Å². The van der Waals surface area contributed by atoms with Crippen molar-refractivity contribution in [3.05, 3.63) is 36.0 Å². The lowest BCUT2D eigenvalue weighted by molar-refractivity contribution is -0.125. The minimum atomic E-state index is 0.230. The maximum atomic E-state index is 11.4. The Hall–Kier alpha value is -2.41. The Morgan fingerprint density at radius 2 is 1.96 bits per heavy atom. The molecule has 1 amide bonds. The molecule has 4 heteroatoms. The van der Waals surface area contributed by atoms with Crippen molar-refractivity contribution in [3.8, 4) is 23.3 Å². The third kappa shape index (κ3) is 5.37. The molecule has 1 fully saturated rings. The van der Waals surface area contributed by atoms with Crippen LogP contribution in [0.1, 0.15) is 37.7 Å². The van der Waals surface area contributed by atoms with Gasteiger partial charge >= 0.3 is 0 Å². The second kappa shape index (κ2) is 8.89. The smallest absolute Gasteiger partial charge is 0.226 e. The Bertz CT molecular complexity index is 603. The summed E-state index contributed by atoms with van der Waals surface area (Å²) in [6, 6.07) is 5.62. The van der Waals surface area contributed by atoms with Gasteiger partial charge in [-0.25, -0.2) is 0 Å². The van der Waals surface area contributed by atoms with Crippen LogP contribution in [0.2, 0.25) is 0 Å². The van der Waals surface area contributed by atoms with E-state index in [1.54, 1.807) is 19.1 Å². The van der Waals surface area contributed by atoms with E-state index in [-0.39, 0.29) is 5.91 Å². The molecular formula is C19H23NO3. The minimum absolute atomic E-state index is 0.230. The predicted octanol–water partition coefficient (Wildman–Crippen LogP) is 3.36. The van der Waals surface area contributed by atoms with Gasteiger partial charge in [-0.1, -0.05) is 17.9 Å². The SMILES string of the molecule is COc1cc(C#CCCC/C=C/N2CCCC2=O)cc(OC)c1. The first kappa shape index (κ1) is 17.0. The molecule has 2 rings (SSSR count). The summed E-state index contributed by atoms with van der Waals surface area (Å²) in [6.45, 7) is 0.854. The number of unbranched alkanes of at least 4 members (excludes halogenated alkanes) is 2. The van der Waals surface area contributed by atoms with Gasteiger partial charge in [-0.05, 0) is 31.4 Å². The monoisotopic (exact) mass is 313 g/mol. The lowest BCUT2D eigenvalue weighted by atomic mass is 10.2. The average molecular weight is 313 g/mol. The van der Waals surface area contributed by atoms with Crippen molar-refractivity contribution in [1.82, 2.24) is 4.90 Å². The Morgan fingerprint density at radius 1 is 1.22 bits per heavy atom. The Labute approximate surface area is 138 Å². The van der Waals surface area contributed by atoms with E-state index in [9.17, 15) is 4.79 Å². The Kier molecular flexibility index (Phi) is 6.56. The topological polar surface area (TPSA) is 38.8 Å². The summed E-state index contributed by atoms with van der Waals surface area (Å²) in [4.78, 5) is 13.2. The summed E-state index contributed by atoms with van der Waals surface area (Å²) in [5.74, 6) is 8.02. The third-order valence-electron chi connectivity index (χ3n) is 3.65. The fourth-order valence-corrected chi connectivity index (χ4v) is 2.38. The molecule has 1 aromatic rings. The van der Waals surface area contributed by atoms with E-state index < -0.39 is 0 Å². The molecule has 0 atom stereocenters. The summed E-state index contributed by atoms with van der Waals surface area (Å²) in [5.41, 5.74) is 0.888. The first-order valence-corrected chi connectivity index (χ1v) is 7.91. The summed E-state index contributed by atoms with van der Waals surface area (Å²) >= 11 is 0. The van der Waals surface area contributed by atoms with Gasteiger partial charge in [0.1, 0.15) is 11.5 Å². The van der Waals surface area contributed by atoms with Crippen LogP contribution in [0.25, 0.3) is 0 Å². The molecule has 0 N–H and O–H groups in total. The molecular weight excluding hydrogens is 290 g/mol. The number of methoxy groups -OCH3 is 2. The van der Waals surface area contributed by atoms with Crippen molar-refractivity contribution < 1.29 is 14.3 Å². The van der Waals surface area contributed by atoms with Gasteiger partial charge in [0.15, 0.2) is 0 Å². The normalized spacial score (nSPS) is 14.0. The molecule has 0 aromatic heterocycles. The molecule has 1 aliphatic heterocycles. The number of allylic oxidation sites excluding steroid dienone is 1. The zero-order valence-electron chi connectivity index (χ0n) is 13.8. The van der Waals surface area contributed by atoms with Gasteiger partial charge in [-0.2, -0.15) is 0 Å². The van der Waals surface area contributed by atoms with Gasteiger partial charge in [0.25, 0.3) is 0 Å². The molecule has 0 bridgehead atoms. The fourth-order valence-electron chi connectivity index (χ4n) is 2.38. The van der Waals surface area contributed by atoms with Gasteiger partial charge in [0, 0.05) is 37.2 Å². The highest BCUT2D eigenvalue weighted by molar-refractivity contribution is 5.79. The van der Waals surface area contributed by atoms with Crippen LogP contribution >= 0.6 is 0 Å². The second-order valence-corrected chi connectivity index (χ2v) is 5.37. The number of likely N-dealkylation sites (tertiary alicyclic amines) is 1. The molecule has 0 radical (unpaired) electrons. The number of nitrogens with zero attached hydrogens (tertiary/aromatic N) is 1. The quantitative estimate of drug-likeness (QED) is 0.597. The highest BCUT2D eigenvalue weighted by atomic mass is 16.5. The molecule has 122 valence electrons. The van der Waals surface area contributed by atoms with Crippen molar-refractivity contribution in [2.75, 3.05) is 20.8 Å². The van der Waals surface area contributed by atoms with Crippen LogP contribution < -0.4 is 9.47 Å². The molecule has 23 heavy (non-hydrogen) atoms. The molecule has 4 nitrogen and oxygen atoms in total. The fraction of sp³-hybridized carbons (Fsp3) is 0.421. The van der Waals surface area contributed by atoms with Gasteiger partial charge in [0.2, 0.25) is 5.91 Å². The molecule has 0 spiro atoms. The summed E-state index contributed by atoms with van der Waals surface area (Å²) in [6.07, 6.45) is 8.35. The largest absolute Gasteiger partial charge is 0.497 e. The van der Waals surface area contributed by atoms with Crippen LogP contribution in [0.3, 0.4) is 0 Å². The number of rotatable bonds is 6. The molecule has 1 heterocycles. The Morgan fingerprint density at radius 3 is 2.57 bits per heavy atom. The zero-order chi connectivity index (χ0) is 16.5. The Balaban J connectivity index is 1.77. The van der Waals surface area contributed by atoms with Crippen LogP contribution in [0.4, 0.5) is 0 Å². The van der Waals surface area contributed by atoms with E-state index in [0.29, 0.717) is 6.42 Å². The van der Waals surface area contributed by atoms with Gasteiger partial charge in [0.05, 0.1) is 14.2 Å². The van der Waals surface area contributed by atoms with Crippen molar-refractivity contribution >= 4 is 5.91 Å². The van der Waals surface area contributed by atoms with E-state index >= 15 is 0 Å². The molecule has 0 unspecified atom stereocenters. The lowest BCUT2D eigenvalue weighted by Gasteiger charge is -2.07. The zero-order valence-corrected chi connectivity index (χ0v) is 13.8. The van der Waals surface area contributed by atoms with Crippen molar-refractivity contribution in [2.45, 2.75) is 32.1 Å². The van der Waals surface area contributed by atoms with E-state index in [4.69, 9.17) is 9.47 Å². The number of hydrogen-bond donors (Lipinski definition) is 0. The van der Waals surface area contributed by atoms with Crippen LogP contribution in [0.5, 0.6) is 11.5 Å². The van der Waals surface area contributed by atoms with E-state index in [1.165, 1.54) is 0 Å². The van der Waals surface area contributed by atoms with Gasteiger partial charge in [-0.3, -0.25) is 4.79 Å². The predicted molar refractivity (Wildman–Crippen MR) is 90.4 cm³/mol. The number of ether oxygens (including phenoxy) is 2. The average Bonchev–Trinajstić information content (AvgIpc) is 2.98. The van der Waals surface area contributed by atoms with Gasteiger partial charge in [-0.15, -0.1) is 0 Å². The molecule has 1 aliphatic rings. The van der Waals surface area contributed by atoms with Crippen LogP contribution in [-0.4, -0.2) is 31.6 Å². The summed E-state index contributed by atoms with van der Waals surface area (Å²) < 4.78 is 10.5. The first-order valence-electron chi connectivity index (χ1n) is 7.91. The van der Waals surface area contributed by atoms with E-state index in [1.807, 2.05) is 24.4 Å². The highest BCUT2D eigenvalue weighted by Crippen LogP contribution is 2.21. The number of carbonyl (C=O) groups is 1. The van der Waals surface area contributed by atoms with Gasteiger partial charge < -0.3 is 14.4 Å². The number of carbonyl (C=O) groups excluding carboxylic acids is 1. The minimum Gasteiger partial charge on any atom is -0.497 e. The van der Waals surface area contributed by atoms with Crippen LogP contribution in [0.15, 0.2) is 30.5 Å². The maximum Gasteiger partial charge on any atom is 0.226 e. The van der Waals surface area contributed by atoms with Crippen molar-refractivity contribution in [1.29, 1.82) is 0 Å². The van der Waals surface area contributed by atoms with E-state index in [0.717, 1.165) is 49.3 Å². The number of benzene rings is 1. The maximum absolute atomic E-state index is 11.4. The molecule has 0 saturated carbocycles. The first-order chi connectivity index (χ1) is 11.2. The number of hydrogen-bond acceptors (Lipinski definition) is 3. The standard InChI is InChI=1S/C19H23NO3/c1-22-17-13-16(14-18(15-17)23-2)9-6-4-3-5-7-11-20-12-8-10-19(20)21/h7,11,13-15H,3-5,8,10,12H2,1-2H3/b11-7+.